The van der Waals surface area contributed by atoms with Gasteiger partial charge in [-0.1, -0.05) is 36.6 Å². The average molecular weight is 394 g/mol. The van der Waals surface area contributed by atoms with Gasteiger partial charge in [-0.3, -0.25) is 19.3 Å². The van der Waals surface area contributed by atoms with Crippen molar-refractivity contribution >= 4 is 41.1 Å². The molecule has 0 radical (unpaired) electrons. The lowest BCUT2D eigenvalue weighted by Crippen LogP contribution is -2.44. The summed E-state index contributed by atoms with van der Waals surface area (Å²) in [5, 5.41) is 5.60. The average Bonchev–Trinajstić information content (AvgIpc) is 3.18. The monoisotopic (exact) mass is 393 g/mol. The van der Waals surface area contributed by atoms with Gasteiger partial charge in [-0.2, -0.15) is 0 Å². The Balaban J connectivity index is 1.56. The third-order valence-electron chi connectivity index (χ3n) is 4.80. The molecule has 1 aromatic carbocycles. The number of halogens is 1. The van der Waals surface area contributed by atoms with Crippen molar-refractivity contribution in [1.82, 2.24) is 10.2 Å². The number of carbonyl (C=O) groups excluding carboxylic acids is 4. The fourth-order valence-electron chi connectivity index (χ4n) is 3.35. The summed E-state index contributed by atoms with van der Waals surface area (Å²) < 4.78 is 5.07. The molecule has 2 fully saturated rings. The molecule has 1 saturated heterocycles. The number of rotatable bonds is 5. The van der Waals surface area contributed by atoms with Gasteiger partial charge in [-0.25, -0.2) is 4.79 Å². The van der Waals surface area contributed by atoms with Crippen molar-refractivity contribution in [3.63, 3.8) is 0 Å². The van der Waals surface area contributed by atoms with Crippen LogP contribution >= 0.6 is 11.6 Å². The molecule has 1 atom stereocenters. The van der Waals surface area contributed by atoms with Crippen molar-refractivity contribution in [3.8, 4) is 0 Å². The summed E-state index contributed by atoms with van der Waals surface area (Å²) in [4.78, 5) is 49.7. The predicted molar refractivity (Wildman–Crippen MR) is 97.1 cm³/mol. The van der Waals surface area contributed by atoms with Crippen molar-refractivity contribution in [1.29, 1.82) is 0 Å². The van der Waals surface area contributed by atoms with Crippen molar-refractivity contribution in [2.75, 3.05) is 11.9 Å². The van der Waals surface area contributed by atoms with E-state index >= 15 is 0 Å². The van der Waals surface area contributed by atoms with Crippen molar-refractivity contribution in [2.45, 2.75) is 44.2 Å². The minimum absolute atomic E-state index is 0.352. The van der Waals surface area contributed by atoms with Crippen LogP contribution in [0.15, 0.2) is 24.3 Å². The molecular weight excluding hydrogens is 374 g/mol. The van der Waals surface area contributed by atoms with Crippen LogP contribution in [-0.4, -0.2) is 46.9 Å². The first-order chi connectivity index (χ1) is 12.8. The van der Waals surface area contributed by atoms with E-state index in [0.717, 1.165) is 17.7 Å². The quantitative estimate of drug-likeness (QED) is 0.588. The van der Waals surface area contributed by atoms with E-state index in [0.29, 0.717) is 23.6 Å². The predicted octanol–water partition coefficient (Wildman–Crippen LogP) is 2.07. The highest BCUT2D eigenvalue weighted by atomic mass is 35.5. The lowest BCUT2D eigenvalue weighted by atomic mass is 9.98. The zero-order valence-electron chi connectivity index (χ0n) is 14.8. The number of benzene rings is 1. The number of anilines is 1. The van der Waals surface area contributed by atoms with E-state index in [1.165, 1.54) is 6.92 Å². The fraction of sp³-hybridized carbons (Fsp3) is 0.444. The second kappa shape index (κ2) is 7.56. The van der Waals surface area contributed by atoms with Gasteiger partial charge in [-0.15, -0.1) is 0 Å². The van der Waals surface area contributed by atoms with Gasteiger partial charge in [0.05, 0.1) is 10.7 Å². The van der Waals surface area contributed by atoms with Crippen LogP contribution in [0.2, 0.25) is 5.02 Å². The number of para-hydroxylation sites is 1. The van der Waals surface area contributed by atoms with E-state index in [1.54, 1.807) is 24.3 Å². The number of carbonyl (C=O) groups is 4. The molecule has 1 aliphatic carbocycles. The van der Waals surface area contributed by atoms with E-state index in [9.17, 15) is 19.2 Å². The largest absolute Gasteiger partial charge is 0.451 e. The number of hydrogen-bond acceptors (Lipinski definition) is 5. The number of ether oxygens (including phenoxy) is 1. The molecule has 0 aromatic heterocycles. The Labute approximate surface area is 161 Å². The van der Waals surface area contributed by atoms with Crippen molar-refractivity contribution in [2.24, 2.45) is 0 Å². The van der Waals surface area contributed by atoms with E-state index in [1.807, 2.05) is 0 Å². The Bertz CT molecular complexity index is 791. The number of nitrogens with zero attached hydrogens (tertiary/aromatic N) is 1. The van der Waals surface area contributed by atoms with Gasteiger partial charge in [0.15, 0.2) is 6.10 Å². The number of imide groups is 1. The van der Waals surface area contributed by atoms with Crippen LogP contribution in [0.3, 0.4) is 0 Å². The summed E-state index contributed by atoms with van der Waals surface area (Å²) in [5.74, 6) is -1.81. The normalized spacial score (nSPS) is 19.1. The summed E-state index contributed by atoms with van der Waals surface area (Å²) in [5.41, 5.74) is -0.492. The first-order valence-corrected chi connectivity index (χ1v) is 9.09. The lowest BCUT2D eigenvalue weighted by molar-refractivity contribution is -0.155. The number of nitrogens with one attached hydrogen (secondary N) is 2. The topological polar surface area (TPSA) is 105 Å². The molecule has 2 aliphatic rings. The molecule has 0 bridgehead atoms. The maximum absolute atomic E-state index is 12.5. The third-order valence-corrected chi connectivity index (χ3v) is 5.13. The number of amides is 4. The molecule has 2 N–H and O–H groups in total. The number of esters is 1. The Hall–Kier alpha value is -2.61. The Morgan fingerprint density at radius 2 is 1.96 bits per heavy atom. The minimum atomic E-state index is -1.12. The Morgan fingerprint density at radius 1 is 1.30 bits per heavy atom. The molecule has 1 spiro atoms. The standard InChI is InChI=1S/C18H20ClN3O5/c1-11(15(24)20-13-7-3-2-6-12(13)19)27-14(23)10-22-16(25)18(21-17(22)26)8-4-5-9-18/h2-3,6-7,11H,4-5,8-10H2,1H3,(H,20,24)(H,21,26)/t11-/m1/s1. The lowest BCUT2D eigenvalue weighted by Gasteiger charge is -2.20. The number of hydrogen-bond donors (Lipinski definition) is 2. The fourth-order valence-corrected chi connectivity index (χ4v) is 3.53. The summed E-state index contributed by atoms with van der Waals surface area (Å²) in [7, 11) is 0. The molecular formula is C18H20ClN3O5. The second-order valence-electron chi connectivity index (χ2n) is 6.71. The molecule has 0 unspecified atom stereocenters. The number of urea groups is 1. The first kappa shape index (κ1) is 19.2. The Morgan fingerprint density at radius 3 is 2.63 bits per heavy atom. The van der Waals surface area contributed by atoms with Crippen LogP contribution in [0.25, 0.3) is 0 Å². The van der Waals surface area contributed by atoms with Crippen LogP contribution in [-0.2, 0) is 19.1 Å². The van der Waals surface area contributed by atoms with Gasteiger partial charge >= 0.3 is 12.0 Å². The molecule has 27 heavy (non-hydrogen) atoms. The smallest absolute Gasteiger partial charge is 0.327 e. The second-order valence-corrected chi connectivity index (χ2v) is 7.12. The maximum Gasteiger partial charge on any atom is 0.327 e. The van der Waals surface area contributed by atoms with Gasteiger partial charge < -0.3 is 15.4 Å². The zero-order valence-corrected chi connectivity index (χ0v) is 15.5. The highest BCUT2D eigenvalue weighted by Gasteiger charge is 2.52. The molecule has 1 saturated carbocycles. The summed E-state index contributed by atoms with van der Waals surface area (Å²) in [6, 6.07) is 6.05. The molecule has 8 nitrogen and oxygen atoms in total. The van der Waals surface area contributed by atoms with Crippen LogP contribution < -0.4 is 10.6 Å². The molecule has 3 rings (SSSR count). The minimum Gasteiger partial charge on any atom is -0.451 e. The third kappa shape index (κ3) is 3.90. The van der Waals surface area contributed by atoms with Crippen molar-refractivity contribution < 1.29 is 23.9 Å². The summed E-state index contributed by atoms with van der Waals surface area (Å²) >= 11 is 5.97. The molecule has 1 heterocycles. The maximum atomic E-state index is 12.5. The van der Waals surface area contributed by atoms with Gasteiger partial charge in [0.25, 0.3) is 11.8 Å². The van der Waals surface area contributed by atoms with Gasteiger partial charge in [-0.05, 0) is 31.9 Å². The van der Waals surface area contributed by atoms with E-state index in [-0.39, 0.29) is 0 Å². The summed E-state index contributed by atoms with van der Waals surface area (Å²) in [6.45, 7) is 0.866. The van der Waals surface area contributed by atoms with Crippen LogP contribution in [0, 0.1) is 0 Å². The Kier molecular flexibility index (Phi) is 5.36. The van der Waals surface area contributed by atoms with Crippen LogP contribution in [0.4, 0.5) is 10.5 Å². The molecule has 4 amide bonds. The van der Waals surface area contributed by atoms with E-state index < -0.39 is 42.0 Å². The van der Waals surface area contributed by atoms with Gasteiger partial charge in [0.1, 0.15) is 12.1 Å². The van der Waals surface area contributed by atoms with Crippen LogP contribution in [0.5, 0.6) is 0 Å². The van der Waals surface area contributed by atoms with Crippen molar-refractivity contribution in [3.05, 3.63) is 29.3 Å². The molecule has 1 aliphatic heterocycles. The molecule has 9 heteroatoms. The zero-order chi connectivity index (χ0) is 19.6. The van der Waals surface area contributed by atoms with E-state index in [2.05, 4.69) is 10.6 Å². The van der Waals surface area contributed by atoms with Gasteiger partial charge in [0, 0.05) is 0 Å². The highest BCUT2D eigenvalue weighted by Crippen LogP contribution is 2.34. The van der Waals surface area contributed by atoms with E-state index in [4.69, 9.17) is 16.3 Å². The first-order valence-electron chi connectivity index (χ1n) is 8.71. The summed E-state index contributed by atoms with van der Waals surface area (Å²) in [6.07, 6.45) is 1.72. The van der Waals surface area contributed by atoms with Gasteiger partial charge in [0.2, 0.25) is 0 Å². The SMILES string of the molecule is C[C@@H](OC(=O)CN1C(=O)NC2(CCCC2)C1=O)C(=O)Nc1ccccc1Cl. The highest BCUT2D eigenvalue weighted by molar-refractivity contribution is 6.33. The molecule has 144 valence electrons. The molecule has 1 aromatic rings. The van der Waals surface area contributed by atoms with Crippen LogP contribution in [0.1, 0.15) is 32.6 Å².